The number of aliphatic carboxylic acids is 1. The zero-order valence-corrected chi connectivity index (χ0v) is 6.69. The number of carboxylic acid groups (broad SMARTS) is 1. The molecule has 0 unspecified atom stereocenters. The van der Waals surface area contributed by atoms with Crippen molar-refractivity contribution in [3.05, 3.63) is 0 Å². The van der Waals surface area contributed by atoms with Crippen LogP contribution in [0.3, 0.4) is 0 Å². The van der Waals surface area contributed by atoms with Gasteiger partial charge >= 0.3 is 43.7 Å². The number of hydrogen-bond acceptors (Lipinski definition) is 1. The molecule has 0 aromatic heterocycles. The fraction of sp³-hybridized carbons (Fsp3) is 0.750. The molecule has 0 aliphatic rings. The second-order valence-electron chi connectivity index (χ2n) is 1.14. The quantitative estimate of drug-likeness (QED) is 0.549. The summed E-state index contributed by atoms with van der Waals surface area (Å²) in [6.07, 6.45) is 1.02. The first-order valence-electron chi connectivity index (χ1n) is 1.99. The Morgan fingerprint density at radius 2 is 2.14 bits per heavy atom. The van der Waals surface area contributed by atoms with Gasteiger partial charge in [0, 0.05) is 6.42 Å². The minimum absolute atomic E-state index is 0. The fourth-order valence-corrected chi connectivity index (χ4v) is 0.214. The van der Waals surface area contributed by atoms with Crippen molar-refractivity contribution >= 4 is 43.7 Å². The van der Waals surface area contributed by atoms with E-state index in [0.29, 0.717) is 6.42 Å². The molecule has 0 saturated carbocycles. The molecular formula is C4H8CaO2+2. The monoisotopic (exact) mass is 128 g/mol. The zero-order valence-electron chi connectivity index (χ0n) is 4.48. The fourth-order valence-electron chi connectivity index (χ4n) is 0.214. The van der Waals surface area contributed by atoms with Gasteiger partial charge in [-0.3, -0.25) is 4.79 Å². The molecular weight excluding hydrogens is 120 g/mol. The van der Waals surface area contributed by atoms with Crippen LogP contribution < -0.4 is 0 Å². The smallest absolute Gasteiger partial charge is 0.481 e. The van der Waals surface area contributed by atoms with E-state index in [1.54, 1.807) is 0 Å². The van der Waals surface area contributed by atoms with Gasteiger partial charge < -0.3 is 5.11 Å². The molecule has 3 heteroatoms. The van der Waals surface area contributed by atoms with Crippen LogP contribution in [0.4, 0.5) is 0 Å². The Labute approximate surface area is 72.9 Å². The van der Waals surface area contributed by atoms with Crippen LogP contribution in [0, 0.1) is 0 Å². The van der Waals surface area contributed by atoms with Crippen LogP contribution in [0.2, 0.25) is 0 Å². The summed E-state index contributed by atoms with van der Waals surface area (Å²) in [7, 11) is 0. The van der Waals surface area contributed by atoms with E-state index in [-0.39, 0.29) is 37.7 Å². The molecule has 1 N–H and O–H groups in total. The van der Waals surface area contributed by atoms with E-state index in [2.05, 4.69) is 0 Å². The van der Waals surface area contributed by atoms with Gasteiger partial charge in [0.1, 0.15) is 0 Å². The van der Waals surface area contributed by atoms with Gasteiger partial charge in [-0.15, -0.1) is 0 Å². The summed E-state index contributed by atoms with van der Waals surface area (Å²) < 4.78 is 0. The van der Waals surface area contributed by atoms with Gasteiger partial charge in [-0.2, -0.15) is 0 Å². The summed E-state index contributed by atoms with van der Waals surface area (Å²) in [6, 6.07) is 0. The maximum absolute atomic E-state index is 9.60. The van der Waals surface area contributed by atoms with Crippen LogP contribution in [0.25, 0.3) is 0 Å². The Morgan fingerprint density at radius 3 is 2.14 bits per heavy atom. The van der Waals surface area contributed by atoms with Crippen molar-refractivity contribution in [1.29, 1.82) is 0 Å². The van der Waals surface area contributed by atoms with Crippen molar-refractivity contribution in [3.63, 3.8) is 0 Å². The third kappa shape index (κ3) is 10.8. The van der Waals surface area contributed by atoms with E-state index in [1.807, 2.05) is 6.92 Å². The molecule has 2 nitrogen and oxygen atoms in total. The van der Waals surface area contributed by atoms with Gasteiger partial charge in [0.15, 0.2) is 0 Å². The Kier molecular flexibility index (Phi) is 10.3. The van der Waals surface area contributed by atoms with Gasteiger partial charge in [-0.25, -0.2) is 0 Å². The Hall–Kier alpha value is 0.730. The maximum atomic E-state index is 9.60. The number of carbonyl (C=O) groups is 1. The van der Waals surface area contributed by atoms with Crippen molar-refractivity contribution in [2.24, 2.45) is 0 Å². The molecule has 7 heavy (non-hydrogen) atoms. The van der Waals surface area contributed by atoms with E-state index >= 15 is 0 Å². The Morgan fingerprint density at radius 1 is 1.71 bits per heavy atom. The predicted octanol–water partition coefficient (Wildman–Crippen LogP) is 0.490. The van der Waals surface area contributed by atoms with E-state index in [4.69, 9.17) is 5.11 Å². The van der Waals surface area contributed by atoms with Crippen molar-refractivity contribution in [3.8, 4) is 0 Å². The SMILES string of the molecule is CCCC(=O)O.[Ca+2]. The summed E-state index contributed by atoms with van der Waals surface area (Å²) in [6.45, 7) is 1.84. The van der Waals surface area contributed by atoms with Crippen LogP contribution in [0.15, 0.2) is 0 Å². The second-order valence-corrected chi connectivity index (χ2v) is 1.14. The third-order valence-corrected chi connectivity index (χ3v) is 0.464. The molecule has 36 valence electrons. The van der Waals surface area contributed by atoms with Gasteiger partial charge in [0.2, 0.25) is 0 Å². The van der Waals surface area contributed by atoms with Gasteiger partial charge in [-0.1, -0.05) is 6.92 Å². The van der Waals surface area contributed by atoms with Crippen LogP contribution in [-0.2, 0) is 4.79 Å². The first-order chi connectivity index (χ1) is 2.77. The molecule has 0 atom stereocenters. The maximum Gasteiger partial charge on any atom is 2.00 e. The normalized spacial score (nSPS) is 7.00. The first kappa shape index (κ1) is 10.7. The zero-order chi connectivity index (χ0) is 4.99. The molecule has 0 amide bonds. The van der Waals surface area contributed by atoms with Crippen LogP contribution in [0.1, 0.15) is 19.8 Å². The van der Waals surface area contributed by atoms with Crippen molar-refractivity contribution < 1.29 is 9.90 Å². The van der Waals surface area contributed by atoms with Crippen molar-refractivity contribution in [1.82, 2.24) is 0 Å². The summed E-state index contributed by atoms with van der Waals surface area (Å²) in [5.74, 6) is -0.711. The third-order valence-electron chi connectivity index (χ3n) is 0.464. The Bertz CT molecular complexity index is 53.7. The molecule has 0 saturated heterocycles. The largest absolute Gasteiger partial charge is 2.00 e. The molecule has 0 aliphatic heterocycles. The predicted molar refractivity (Wildman–Crippen MR) is 28.3 cm³/mol. The van der Waals surface area contributed by atoms with Gasteiger partial charge in [0.05, 0.1) is 0 Å². The van der Waals surface area contributed by atoms with E-state index in [0.717, 1.165) is 6.42 Å². The van der Waals surface area contributed by atoms with E-state index in [1.165, 1.54) is 0 Å². The van der Waals surface area contributed by atoms with E-state index < -0.39 is 5.97 Å². The molecule has 0 rings (SSSR count). The molecule has 0 bridgehead atoms. The summed E-state index contributed by atoms with van der Waals surface area (Å²) in [4.78, 5) is 9.60. The number of rotatable bonds is 2. The molecule has 0 radical (unpaired) electrons. The first-order valence-corrected chi connectivity index (χ1v) is 1.99. The molecule has 0 aromatic rings. The average Bonchev–Trinajstić information content (AvgIpc) is 1.35. The van der Waals surface area contributed by atoms with Crippen molar-refractivity contribution in [2.45, 2.75) is 19.8 Å². The van der Waals surface area contributed by atoms with Crippen LogP contribution in [-0.4, -0.2) is 48.8 Å². The van der Waals surface area contributed by atoms with Crippen LogP contribution in [0.5, 0.6) is 0 Å². The summed E-state index contributed by atoms with van der Waals surface area (Å²) in [5, 5.41) is 7.91. The summed E-state index contributed by atoms with van der Waals surface area (Å²) >= 11 is 0. The standard InChI is InChI=1S/C4H8O2.Ca/c1-2-3-4(5)6;/h2-3H2,1H3,(H,5,6);/q;+2. The molecule has 0 heterocycles. The van der Waals surface area contributed by atoms with Gasteiger partial charge in [0.25, 0.3) is 0 Å². The molecule has 0 fully saturated rings. The Balaban J connectivity index is 0. The minimum atomic E-state index is -0.711. The van der Waals surface area contributed by atoms with Crippen molar-refractivity contribution in [2.75, 3.05) is 0 Å². The number of hydrogen-bond donors (Lipinski definition) is 1. The van der Waals surface area contributed by atoms with Gasteiger partial charge in [-0.05, 0) is 6.42 Å². The summed E-state index contributed by atoms with van der Waals surface area (Å²) in [5.41, 5.74) is 0. The average molecular weight is 128 g/mol. The topological polar surface area (TPSA) is 37.3 Å². The molecule has 0 aromatic carbocycles. The minimum Gasteiger partial charge on any atom is -0.481 e. The van der Waals surface area contributed by atoms with Crippen LogP contribution >= 0.6 is 0 Å². The van der Waals surface area contributed by atoms with E-state index in [9.17, 15) is 4.79 Å². The molecule has 0 spiro atoms. The molecule has 0 aliphatic carbocycles. The second kappa shape index (κ2) is 6.73. The number of carboxylic acids is 1.